The summed E-state index contributed by atoms with van der Waals surface area (Å²) in [6.45, 7) is 3.42. The first-order valence-electron chi connectivity index (χ1n) is 8.71. The Morgan fingerprint density at radius 3 is 1.87 bits per heavy atom. The van der Waals surface area contributed by atoms with Crippen molar-refractivity contribution in [1.29, 1.82) is 0 Å². The molecule has 0 amide bonds. The number of ether oxygens (including phenoxy) is 2. The van der Waals surface area contributed by atoms with E-state index in [2.05, 4.69) is 6.58 Å². The van der Waals surface area contributed by atoms with Crippen molar-refractivity contribution in [2.24, 2.45) is 0 Å². The fraction of sp³-hybridized carbons (Fsp3) is 0.526. The lowest BCUT2D eigenvalue weighted by molar-refractivity contribution is -0.397. The molecule has 12 heteroatoms. The number of hydrogen-bond acceptors (Lipinski definition) is 3. The summed E-state index contributed by atoms with van der Waals surface area (Å²) in [5, 5.41) is 0. The number of alkyl halides is 9. The smallest absolute Gasteiger partial charge is 0.460 e. The van der Waals surface area contributed by atoms with Gasteiger partial charge in [0.2, 0.25) is 0 Å². The number of esters is 1. The van der Waals surface area contributed by atoms with Crippen LogP contribution in [0.4, 0.5) is 39.5 Å². The van der Waals surface area contributed by atoms with Gasteiger partial charge in [-0.05, 0) is 18.1 Å². The SMILES string of the molecule is C=C(C)C(=O)OCCc1ccc(COCCC(F)(F)C(F)(F)C(F)(F)C(F)(F)F)cc1. The highest BCUT2D eigenvalue weighted by Gasteiger charge is 2.81. The largest absolute Gasteiger partial charge is 0.462 e. The van der Waals surface area contributed by atoms with E-state index in [1.165, 1.54) is 19.1 Å². The van der Waals surface area contributed by atoms with Gasteiger partial charge in [0.25, 0.3) is 0 Å². The first kappa shape index (κ1) is 26.8. The molecule has 0 atom stereocenters. The van der Waals surface area contributed by atoms with Crippen LogP contribution in [0.3, 0.4) is 0 Å². The molecule has 0 radical (unpaired) electrons. The van der Waals surface area contributed by atoms with Crippen molar-refractivity contribution in [3.8, 4) is 0 Å². The van der Waals surface area contributed by atoms with Crippen LogP contribution in [0, 0.1) is 0 Å². The van der Waals surface area contributed by atoms with Crippen LogP contribution in [-0.4, -0.2) is 43.1 Å². The summed E-state index contributed by atoms with van der Waals surface area (Å²) in [7, 11) is 0. The molecule has 1 rings (SSSR count). The third-order valence-corrected chi connectivity index (χ3v) is 4.03. The molecule has 3 nitrogen and oxygen atoms in total. The quantitative estimate of drug-likeness (QED) is 0.181. The van der Waals surface area contributed by atoms with E-state index in [1.54, 1.807) is 12.1 Å². The standard InChI is InChI=1S/C19H19F9O3/c1-12(2)15(29)31-9-7-13-3-5-14(6-4-13)11-30-10-8-16(20,21)17(22,23)18(24,25)19(26,27)28/h3-6H,1,7-11H2,2H3. The molecule has 0 saturated heterocycles. The predicted molar refractivity (Wildman–Crippen MR) is 91.1 cm³/mol. The van der Waals surface area contributed by atoms with Crippen LogP contribution in [0.5, 0.6) is 0 Å². The van der Waals surface area contributed by atoms with Crippen LogP contribution in [0.25, 0.3) is 0 Å². The van der Waals surface area contributed by atoms with E-state index < -0.39 is 42.9 Å². The van der Waals surface area contributed by atoms with Gasteiger partial charge in [0.1, 0.15) is 0 Å². The van der Waals surface area contributed by atoms with Gasteiger partial charge in [0.15, 0.2) is 0 Å². The van der Waals surface area contributed by atoms with E-state index in [1.807, 2.05) is 0 Å². The Labute approximate surface area is 171 Å². The third-order valence-electron chi connectivity index (χ3n) is 4.03. The molecular formula is C19H19F9O3. The molecule has 0 aliphatic rings. The van der Waals surface area contributed by atoms with Crippen molar-refractivity contribution in [3.05, 3.63) is 47.5 Å². The lowest BCUT2D eigenvalue weighted by Crippen LogP contribution is -2.61. The molecule has 0 saturated carbocycles. The van der Waals surface area contributed by atoms with Crippen molar-refractivity contribution in [2.45, 2.75) is 50.3 Å². The zero-order valence-corrected chi connectivity index (χ0v) is 16.2. The van der Waals surface area contributed by atoms with E-state index in [0.717, 1.165) is 5.56 Å². The maximum Gasteiger partial charge on any atom is 0.460 e. The van der Waals surface area contributed by atoms with Gasteiger partial charge in [-0.15, -0.1) is 0 Å². The summed E-state index contributed by atoms with van der Waals surface area (Å²) in [6, 6.07) is 6.14. The molecule has 0 unspecified atom stereocenters. The normalized spacial score (nSPS) is 13.2. The van der Waals surface area contributed by atoms with E-state index in [-0.39, 0.29) is 18.8 Å². The Bertz CT molecular complexity index is 756. The zero-order chi connectivity index (χ0) is 24.1. The molecule has 31 heavy (non-hydrogen) atoms. The highest BCUT2D eigenvalue weighted by atomic mass is 19.4. The summed E-state index contributed by atoms with van der Waals surface area (Å²) < 4.78 is 124. The molecule has 0 aliphatic heterocycles. The van der Waals surface area contributed by atoms with Crippen molar-refractivity contribution in [1.82, 2.24) is 0 Å². The Balaban J connectivity index is 2.53. The van der Waals surface area contributed by atoms with Crippen molar-refractivity contribution in [3.63, 3.8) is 0 Å². The van der Waals surface area contributed by atoms with E-state index >= 15 is 0 Å². The van der Waals surface area contributed by atoms with E-state index in [0.29, 0.717) is 12.0 Å². The zero-order valence-electron chi connectivity index (χ0n) is 16.2. The lowest BCUT2D eigenvalue weighted by atomic mass is 10.0. The second-order valence-electron chi connectivity index (χ2n) is 6.64. The number of carbonyl (C=O) groups excluding carboxylic acids is 1. The number of benzene rings is 1. The summed E-state index contributed by atoms with van der Waals surface area (Å²) in [5.41, 5.74) is 1.37. The molecule has 0 N–H and O–H groups in total. The van der Waals surface area contributed by atoms with Gasteiger partial charge in [0.05, 0.1) is 19.8 Å². The molecule has 0 aliphatic carbocycles. The van der Waals surface area contributed by atoms with E-state index in [4.69, 9.17) is 9.47 Å². The van der Waals surface area contributed by atoms with Gasteiger partial charge in [-0.2, -0.15) is 39.5 Å². The Morgan fingerprint density at radius 2 is 1.39 bits per heavy atom. The van der Waals surface area contributed by atoms with Crippen LogP contribution in [0.15, 0.2) is 36.4 Å². The van der Waals surface area contributed by atoms with Crippen LogP contribution in [-0.2, 0) is 27.3 Å². The Kier molecular flexibility index (Phi) is 8.58. The van der Waals surface area contributed by atoms with Gasteiger partial charge in [-0.3, -0.25) is 0 Å². The fourth-order valence-electron chi connectivity index (χ4n) is 2.14. The fourth-order valence-corrected chi connectivity index (χ4v) is 2.14. The summed E-state index contributed by atoms with van der Waals surface area (Å²) in [4.78, 5) is 11.2. The summed E-state index contributed by atoms with van der Waals surface area (Å²) in [6.07, 6.45) is -8.53. The second-order valence-corrected chi connectivity index (χ2v) is 6.64. The van der Waals surface area contributed by atoms with Crippen LogP contribution in [0.1, 0.15) is 24.5 Å². The number of hydrogen-bond donors (Lipinski definition) is 0. The topological polar surface area (TPSA) is 35.5 Å². The van der Waals surface area contributed by atoms with Gasteiger partial charge in [0, 0.05) is 18.4 Å². The highest BCUT2D eigenvalue weighted by Crippen LogP contribution is 2.53. The monoisotopic (exact) mass is 466 g/mol. The third kappa shape index (κ3) is 6.62. The van der Waals surface area contributed by atoms with Crippen molar-refractivity contribution < 1.29 is 53.8 Å². The minimum absolute atomic E-state index is 0.0768. The second kappa shape index (κ2) is 9.92. The average Bonchev–Trinajstić information content (AvgIpc) is 2.65. The molecule has 0 heterocycles. The molecule has 1 aromatic carbocycles. The molecule has 0 fully saturated rings. The first-order chi connectivity index (χ1) is 14.0. The molecule has 1 aromatic rings. The summed E-state index contributed by atoms with van der Waals surface area (Å²) >= 11 is 0. The minimum atomic E-state index is -6.90. The minimum Gasteiger partial charge on any atom is -0.462 e. The number of rotatable bonds is 11. The lowest BCUT2D eigenvalue weighted by Gasteiger charge is -2.33. The highest BCUT2D eigenvalue weighted by molar-refractivity contribution is 5.86. The van der Waals surface area contributed by atoms with Crippen molar-refractivity contribution >= 4 is 5.97 Å². The van der Waals surface area contributed by atoms with Gasteiger partial charge < -0.3 is 9.47 Å². The van der Waals surface area contributed by atoms with Gasteiger partial charge in [-0.1, -0.05) is 30.8 Å². The maximum atomic E-state index is 13.4. The van der Waals surface area contributed by atoms with E-state index in [9.17, 15) is 44.3 Å². The molecule has 0 spiro atoms. The van der Waals surface area contributed by atoms with Crippen LogP contribution in [0.2, 0.25) is 0 Å². The van der Waals surface area contributed by atoms with Crippen molar-refractivity contribution in [2.75, 3.05) is 13.2 Å². The number of halogens is 9. The predicted octanol–water partition coefficient (Wildman–Crippen LogP) is 5.72. The Morgan fingerprint density at radius 1 is 0.871 bits per heavy atom. The summed E-state index contributed by atoms with van der Waals surface area (Å²) in [5.74, 6) is -19.8. The van der Waals surface area contributed by atoms with Crippen LogP contribution >= 0.6 is 0 Å². The average molecular weight is 466 g/mol. The Hall–Kier alpha value is -2.24. The van der Waals surface area contributed by atoms with Gasteiger partial charge in [-0.25, -0.2) is 4.79 Å². The first-order valence-corrected chi connectivity index (χ1v) is 8.71. The number of carbonyl (C=O) groups is 1. The van der Waals surface area contributed by atoms with Gasteiger partial charge >= 0.3 is 29.9 Å². The molecule has 176 valence electrons. The van der Waals surface area contributed by atoms with Crippen LogP contribution < -0.4 is 0 Å². The maximum absolute atomic E-state index is 13.4. The molecule has 0 aromatic heterocycles. The molecular weight excluding hydrogens is 447 g/mol. The molecule has 0 bridgehead atoms.